The first-order chi connectivity index (χ1) is 31.3. The van der Waals surface area contributed by atoms with Crippen molar-refractivity contribution in [3.63, 3.8) is 0 Å². The minimum Gasteiger partial charge on any atom is -0.237 e. The van der Waals surface area contributed by atoms with E-state index < -0.39 is 0 Å². The van der Waals surface area contributed by atoms with Gasteiger partial charge in [-0.1, -0.05) is 144 Å². The first-order valence-corrected chi connectivity index (χ1v) is 25.0. The Morgan fingerprint density at radius 1 is 0.766 bits per heavy atom. The fraction of sp³-hybridized carbons (Fsp3) is 0.433. The van der Waals surface area contributed by atoms with E-state index in [4.69, 9.17) is 19.9 Å². The smallest absolute Gasteiger partial charge is 0.159 e. The first-order valence-electron chi connectivity index (χ1n) is 25.0. The molecule has 2 saturated carbocycles. The van der Waals surface area contributed by atoms with Gasteiger partial charge in [-0.05, 0) is 154 Å². The predicted octanol–water partition coefficient (Wildman–Crippen LogP) is 15.7. The van der Waals surface area contributed by atoms with Crippen LogP contribution in [0.2, 0.25) is 0 Å². The van der Waals surface area contributed by atoms with Gasteiger partial charge in [0, 0.05) is 45.9 Å². The minimum atomic E-state index is 0.163. The Hall–Kier alpha value is -5.22. The van der Waals surface area contributed by atoms with Crippen LogP contribution >= 0.6 is 0 Å². The summed E-state index contributed by atoms with van der Waals surface area (Å²) in [6.45, 7) is 15.9. The van der Waals surface area contributed by atoms with E-state index in [1.807, 2.05) is 6.08 Å². The van der Waals surface area contributed by atoms with Crippen molar-refractivity contribution >= 4 is 17.2 Å². The molecule has 330 valence electrons. The van der Waals surface area contributed by atoms with Gasteiger partial charge in [0.25, 0.3) is 0 Å². The van der Waals surface area contributed by atoms with Gasteiger partial charge in [-0.3, -0.25) is 0 Å². The molecule has 5 aliphatic rings. The van der Waals surface area contributed by atoms with E-state index in [0.717, 1.165) is 59.7 Å². The lowest BCUT2D eigenvalue weighted by atomic mass is 9.55. The molecule has 64 heavy (non-hydrogen) atoms. The average Bonchev–Trinajstić information content (AvgIpc) is 3.34. The van der Waals surface area contributed by atoms with Crippen molar-refractivity contribution in [2.24, 2.45) is 29.1 Å². The second-order valence-corrected chi connectivity index (χ2v) is 19.9. The highest BCUT2D eigenvalue weighted by molar-refractivity contribution is 5.81. The average molecular weight is 847 g/mol. The Bertz CT molecular complexity index is 2510. The maximum absolute atomic E-state index is 5.46. The number of hydrogen-bond acceptors (Lipinski definition) is 4. The van der Waals surface area contributed by atoms with Crippen molar-refractivity contribution in [1.29, 1.82) is 0 Å². The molecule has 5 aliphatic carbocycles. The quantitative estimate of drug-likeness (QED) is 0.133. The van der Waals surface area contributed by atoms with Crippen LogP contribution in [0, 0.1) is 36.0 Å². The van der Waals surface area contributed by atoms with Crippen molar-refractivity contribution in [2.75, 3.05) is 0 Å². The van der Waals surface area contributed by atoms with Crippen LogP contribution < -0.4 is 0 Å². The van der Waals surface area contributed by atoms with Crippen molar-refractivity contribution in [1.82, 2.24) is 19.9 Å². The summed E-state index contributed by atoms with van der Waals surface area (Å²) < 4.78 is 0. The number of aryl methyl sites for hydroxylation is 2. The molecule has 2 aromatic heterocycles. The van der Waals surface area contributed by atoms with Gasteiger partial charge in [0.15, 0.2) is 5.82 Å². The van der Waals surface area contributed by atoms with Gasteiger partial charge in [-0.25, -0.2) is 19.9 Å². The molecular formula is C60H70N4. The summed E-state index contributed by atoms with van der Waals surface area (Å²) in [6.07, 6.45) is 40.2. The molecule has 0 spiro atoms. The third kappa shape index (κ3) is 8.91. The molecule has 0 aliphatic heterocycles. The lowest BCUT2D eigenvalue weighted by molar-refractivity contribution is 0.00791. The summed E-state index contributed by atoms with van der Waals surface area (Å²) >= 11 is 0. The molecule has 4 heteroatoms. The molecule has 3 atom stereocenters. The molecule has 0 bridgehead atoms. The fourth-order valence-electron chi connectivity index (χ4n) is 12.5. The molecule has 0 radical (unpaired) electrons. The summed E-state index contributed by atoms with van der Waals surface area (Å²) in [5.74, 6) is 5.28. The topological polar surface area (TPSA) is 51.6 Å². The van der Waals surface area contributed by atoms with Crippen LogP contribution in [0.25, 0.3) is 28.5 Å². The fourth-order valence-corrected chi connectivity index (χ4v) is 12.5. The van der Waals surface area contributed by atoms with Gasteiger partial charge in [0.1, 0.15) is 5.82 Å². The first kappa shape index (κ1) is 44.0. The Labute approximate surface area is 384 Å². The van der Waals surface area contributed by atoms with Gasteiger partial charge in [-0.15, -0.1) is 0 Å². The Morgan fingerprint density at radius 2 is 1.48 bits per heavy atom. The molecule has 4 aromatic rings. The Balaban J connectivity index is 0.950. The summed E-state index contributed by atoms with van der Waals surface area (Å²) in [5, 5.41) is 0. The Morgan fingerprint density at radius 3 is 2.16 bits per heavy atom. The van der Waals surface area contributed by atoms with Crippen molar-refractivity contribution in [3.05, 3.63) is 173 Å². The third-order valence-corrected chi connectivity index (χ3v) is 16.4. The molecule has 0 N–H and O–H groups in total. The molecule has 2 aromatic carbocycles. The van der Waals surface area contributed by atoms with E-state index in [2.05, 4.69) is 157 Å². The maximum atomic E-state index is 5.46. The number of rotatable bonds is 12. The van der Waals surface area contributed by atoms with Gasteiger partial charge >= 0.3 is 0 Å². The number of benzene rings is 2. The molecule has 4 nitrogen and oxygen atoms in total. The van der Waals surface area contributed by atoms with Gasteiger partial charge in [0.05, 0.1) is 11.4 Å². The minimum absolute atomic E-state index is 0.163. The monoisotopic (exact) mass is 847 g/mol. The SMILES string of the molecule is C=C/C=C(/c1cc(C2CCC(C(CC)(CC)C3CCC(c4cc(-c5cccc6c5C=CCC6)nc(C5=CCC(C)C=C5)n4)CC3)CC2)nc(C2C=CC=CC2C)n1)c1ccccc1C. The highest BCUT2D eigenvalue weighted by Crippen LogP contribution is 2.56. The molecule has 2 fully saturated rings. The summed E-state index contributed by atoms with van der Waals surface area (Å²) in [6, 6.07) is 20.1. The number of allylic oxidation sites excluding steroid dienone is 11. The largest absolute Gasteiger partial charge is 0.237 e. The maximum Gasteiger partial charge on any atom is 0.159 e. The molecule has 0 amide bonds. The van der Waals surface area contributed by atoms with Crippen LogP contribution in [0.3, 0.4) is 0 Å². The van der Waals surface area contributed by atoms with Gasteiger partial charge in [0.2, 0.25) is 0 Å². The Kier molecular flexibility index (Phi) is 13.4. The molecule has 2 heterocycles. The van der Waals surface area contributed by atoms with E-state index in [-0.39, 0.29) is 5.92 Å². The lowest BCUT2D eigenvalue weighted by Crippen LogP contribution is -2.40. The summed E-state index contributed by atoms with van der Waals surface area (Å²) in [4.78, 5) is 21.5. The van der Waals surface area contributed by atoms with E-state index >= 15 is 0 Å². The van der Waals surface area contributed by atoms with Crippen molar-refractivity contribution in [2.45, 2.75) is 136 Å². The zero-order valence-corrected chi connectivity index (χ0v) is 39.3. The highest BCUT2D eigenvalue weighted by atomic mass is 14.9. The van der Waals surface area contributed by atoms with Gasteiger partial charge < -0.3 is 0 Å². The number of nitrogens with zero attached hydrogens (tertiary/aromatic N) is 4. The molecule has 9 rings (SSSR count). The zero-order valence-electron chi connectivity index (χ0n) is 39.3. The van der Waals surface area contributed by atoms with Crippen LogP contribution in [-0.4, -0.2) is 19.9 Å². The van der Waals surface area contributed by atoms with E-state index in [9.17, 15) is 0 Å². The van der Waals surface area contributed by atoms with Crippen LogP contribution in [0.15, 0.2) is 122 Å². The zero-order chi connectivity index (χ0) is 44.2. The summed E-state index contributed by atoms with van der Waals surface area (Å²) in [5.41, 5.74) is 13.7. The van der Waals surface area contributed by atoms with Gasteiger partial charge in [-0.2, -0.15) is 0 Å². The summed E-state index contributed by atoms with van der Waals surface area (Å²) in [7, 11) is 0. The van der Waals surface area contributed by atoms with Crippen molar-refractivity contribution < 1.29 is 0 Å². The van der Waals surface area contributed by atoms with E-state index in [1.165, 1.54) is 109 Å². The van der Waals surface area contributed by atoms with Crippen molar-refractivity contribution in [3.8, 4) is 11.3 Å². The molecular weight excluding hydrogens is 777 g/mol. The number of aromatic nitrogens is 4. The number of hydrogen-bond donors (Lipinski definition) is 0. The predicted molar refractivity (Wildman–Crippen MR) is 269 cm³/mol. The third-order valence-electron chi connectivity index (χ3n) is 16.4. The van der Waals surface area contributed by atoms with Crippen LogP contribution in [0.4, 0.5) is 0 Å². The number of fused-ring (bicyclic) bond motifs is 1. The van der Waals surface area contributed by atoms with E-state index in [1.54, 1.807) is 0 Å². The lowest BCUT2D eigenvalue weighted by Gasteiger charge is -2.50. The molecule has 3 unspecified atom stereocenters. The second-order valence-electron chi connectivity index (χ2n) is 19.9. The van der Waals surface area contributed by atoms with Crippen LogP contribution in [0.1, 0.15) is 173 Å². The molecule has 0 saturated heterocycles. The van der Waals surface area contributed by atoms with E-state index in [0.29, 0.717) is 29.1 Å². The van der Waals surface area contributed by atoms with Crippen LogP contribution in [-0.2, 0) is 6.42 Å². The second kappa shape index (κ2) is 19.5. The normalized spacial score (nSPS) is 25.8. The van der Waals surface area contributed by atoms with Crippen LogP contribution in [0.5, 0.6) is 0 Å². The highest BCUT2D eigenvalue weighted by Gasteiger charge is 2.45. The standard InChI is InChI=1S/C60H70N4/c1-7-17-52(49-22-13-10-18-41(49)5)56-39-55(62-59(64-56)50-23-14-11-19-42(50)6)45-32-36-48(37-33-45)60(8-2,9-3)47-34-30-44(31-35-47)54-38-57(53-25-16-21-43-20-12-15-24-51(43)53)63-58(61-54)46-28-26-40(4)27-29-46/h7,10-11,13-19,21-26,28-29,38-40,42,44-45,47-48,50H,1,8-9,12,20,27,30-37H2,2-6H3/b52-17+.